The van der Waals surface area contributed by atoms with Crippen LogP contribution in [0.15, 0.2) is 30.5 Å². The summed E-state index contributed by atoms with van der Waals surface area (Å²) < 4.78 is 0. The van der Waals surface area contributed by atoms with Crippen LogP contribution in [0.5, 0.6) is 0 Å². The number of hydrogen-bond acceptors (Lipinski definition) is 2. The van der Waals surface area contributed by atoms with E-state index in [2.05, 4.69) is 57.4 Å². The molecule has 3 rings (SSSR count). The second kappa shape index (κ2) is 7.85. The molecule has 142 valence electrons. The van der Waals surface area contributed by atoms with E-state index in [1.807, 2.05) is 4.90 Å². The van der Waals surface area contributed by atoms with Gasteiger partial charge in [-0.05, 0) is 42.2 Å². The van der Waals surface area contributed by atoms with Crippen LogP contribution in [0.4, 0.5) is 11.4 Å². The van der Waals surface area contributed by atoms with Gasteiger partial charge in [-0.15, -0.1) is 0 Å². The predicted molar refractivity (Wildman–Crippen MR) is 111 cm³/mol. The number of nitrogens with zero attached hydrogens (tertiary/aromatic N) is 2. The number of rotatable bonds is 7. The summed E-state index contributed by atoms with van der Waals surface area (Å²) in [4.78, 5) is 17.1. The normalized spacial score (nSPS) is 20.6. The molecular formula is C23H34N2O. The number of carbonyl (C=O) groups excluding carboxylic acids is 1. The summed E-state index contributed by atoms with van der Waals surface area (Å²) in [5.41, 5.74) is 4.31. The minimum Gasteiger partial charge on any atom is -0.336 e. The molecule has 1 aromatic carbocycles. The molecule has 0 aromatic heterocycles. The van der Waals surface area contributed by atoms with Crippen LogP contribution in [-0.4, -0.2) is 19.0 Å². The summed E-state index contributed by atoms with van der Waals surface area (Å²) in [6, 6.07) is 6.43. The van der Waals surface area contributed by atoms with Gasteiger partial charge >= 0.3 is 0 Å². The first kappa shape index (κ1) is 19.0. The highest BCUT2D eigenvalue weighted by atomic mass is 16.2. The Morgan fingerprint density at radius 1 is 1.19 bits per heavy atom. The lowest BCUT2D eigenvalue weighted by molar-refractivity contribution is -0.115. The standard InChI is InChI=1S/C23H34N2O/c1-16(2)8-6-9-17(3)12-14-25-21-11-7-10-20-18(4)13-15-24(22(20)21)19(5)23(25)26/h7,10-11,16-18H,5-6,8-9,12-15H2,1-4H3. The lowest BCUT2D eigenvalue weighted by Gasteiger charge is -2.43. The van der Waals surface area contributed by atoms with Crippen LogP contribution in [0.3, 0.4) is 0 Å². The Morgan fingerprint density at radius 3 is 2.69 bits per heavy atom. The Kier molecular flexibility index (Phi) is 5.74. The van der Waals surface area contributed by atoms with Crippen molar-refractivity contribution in [2.24, 2.45) is 11.8 Å². The smallest absolute Gasteiger partial charge is 0.274 e. The molecule has 0 radical (unpaired) electrons. The monoisotopic (exact) mass is 354 g/mol. The highest BCUT2D eigenvalue weighted by molar-refractivity contribution is 6.13. The second-order valence-corrected chi connectivity index (χ2v) is 8.68. The lowest BCUT2D eigenvalue weighted by Crippen LogP contribution is -2.46. The molecule has 2 unspecified atom stereocenters. The number of amides is 1. The summed E-state index contributed by atoms with van der Waals surface area (Å²) >= 11 is 0. The molecule has 1 amide bonds. The van der Waals surface area contributed by atoms with Crippen molar-refractivity contribution in [3.8, 4) is 0 Å². The van der Waals surface area contributed by atoms with E-state index in [1.165, 1.54) is 30.5 Å². The van der Waals surface area contributed by atoms with Gasteiger partial charge in [0.25, 0.3) is 5.91 Å². The molecule has 0 fully saturated rings. The minimum atomic E-state index is 0.0820. The summed E-state index contributed by atoms with van der Waals surface area (Å²) in [5, 5.41) is 0. The number of hydrogen-bond donors (Lipinski definition) is 0. The Morgan fingerprint density at radius 2 is 1.96 bits per heavy atom. The number of carbonyl (C=O) groups is 1. The van der Waals surface area contributed by atoms with Crippen molar-refractivity contribution in [1.29, 1.82) is 0 Å². The molecule has 1 aromatic rings. The zero-order chi connectivity index (χ0) is 18.8. The second-order valence-electron chi connectivity index (χ2n) is 8.68. The van der Waals surface area contributed by atoms with E-state index in [1.54, 1.807) is 0 Å². The van der Waals surface area contributed by atoms with Crippen molar-refractivity contribution in [1.82, 2.24) is 0 Å². The van der Waals surface area contributed by atoms with E-state index in [9.17, 15) is 4.79 Å². The molecule has 0 aliphatic carbocycles. The molecular weight excluding hydrogens is 320 g/mol. The van der Waals surface area contributed by atoms with Crippen LogP contribution in [0.1, 0.15) is 71.3 Å². The van der Waals surface area contributed by atoms with Crippen LogP contribution in [0.2, 0.25) is 0 Å². The van der Waals surface area contributed by atoms with E-state index in [0.717, 1.165) is 37.5 Å². The molecule has 2 aliphatic rings. The van der Waals surface area contributed by atoms with Gasteiger partial charge in [-0.25, -0.2) is 0 Å². The predicted octanol–water partition coefficient (Wildman–Crippen LogP) is 5.71. The van der Waals surface area contributed by atoms with E-state index in [4.69, 9.17) is 0 Å². The fourth-order valence-electron chi connectivity index (χ4n) is 4.29. The molecule has 0 saturated heterocycles. The van der Waals surface area contributed by atoms with Gasteiger partial charge in [0.1, 0.15) is 5.70 Å². The molecule has 2 atom stereocenters. The van der Waals surface area contributed by atoms with Crippen LogP contribution in [0, 0.1) is 11.8 Å². The molecule has 0 spiro atoms. The van der Waals surface area contributed by atoms with Gasteiger partial charge in [0.05, 0.1) is 11.4 Å². The number of anilines is 2. The summed E-state index contributed by atoms with van der Waals surface area (Å²) in [5.74, 6) is 2.04. The third-order valence-electron chi connectivity index (χ3n) is 6.07. The molecule has 3 nitrogen and oxygen atoms in total. The van der Waals surface area contributed by atoms with E-state index in [-0.39, 0.29) is 5.91 Å². The van der Waals surface area contributed by atoms with Gasteiger partial charge in [0, 0.05) is 13.1 Å². The summed E-state index contributed by atoms with van der Waals surface area (Å²) in [6.07, 6.45) is 5.96. The maximum absolute atomic E-state index is 13.0. The first-order valence-corrected chi connectivity index (χ1v) is 10.3. The Hall–Kier alpha value is -1.77. The highest BCUT2D eigenvalue weighted by Gasteiger charge is 2.37. The van der Waals surface area contributed by atoms with Crippen LogP contribution in [0.25, 0.3) is 0 Å². The molecule has 0 bridgehead atoms. The average molecular weight is 355 g/mol. The maximum Gasteiger partial charge on any atom is 0.274 e. The van der Waals surface area contributed by atoms with Crippen molar-refractivity contribution in [2.45, 2.75) is 65.7 Å². The largest absolute Gasteiger partial charge is 0.336 e. The third-order valence-corrected chi connectivity index (χ3v) is 6.07. The van der Waals surface area contributed by atoms with Gasteiger partial charge in [-0.3, -0.25) is 4.79 Å². The Labute approximate surface area is 159 Å². The van der Waals surface area contributed by atoms with Crippen LogP contribution in [-0.2, 0) is 4.79 Å². The first-order valence-electron chi connectivity index (χ1n) is 10.3. The maximum atomic E-state index is 13.0. The zero-order valence-electron chi connectivity index (χ0n) is 16.9. The number of benzene rings is 1. The van der Waals surface area contributed by atoms with Crippen molar-refractivity contribution in [3.63, 3.8) is 0 Å². The van der Waals surface area contributed by atoms with Crippen molar-refractivity contribution in [3.05, 3.63) is 36.0 Å². The van der Waals surface area contributed by atoms with Crippen molar-refractivity contribution < 1.29 is 4.79 Å². The van der Waals surface area contributed by atoms with Gasteiger partial charge in [-0.1, -0.05) is 65.7 Å². The fourth-order valence-corrected chi connectivity index (χ4v) is 4.29. The van der Waals surface area contributed by atoms with Gasteiger partial charge < -0.3 is 9.80 Å². The Bertz CT molecular complexity index is 679. The van der Waals surface area contributed by atoms with Crippen LogP contribution < -0.4 is 9.80 Å². The fraction of sp³-hybridized carbons (Fsp3) is 0.609. The van der Waals surface area contributed by atoms with E-state index in [0.29, 0.717) is 17.5 Å². The Balaban J connectivity index is 1.75. The lowest BCUT2D eigenvalue weighted by atomic mass is 9.88. The zero-order valence-corrected chi connectivity index (χ0v) is 16.9. The topological polar surface area (TPSA) is 23.6 Å². The third kappa shape index (κ3) is 3.67. The van der Waals surface area contributed by atoms with Crippen molar-refractivity contribution >= 4 is 17.3 Å². The summed E-state index contributed by atoms with van der Waals surface area (Å²) in [6.45, 7) is 15.0. The molecule has 26 heavy (non-hydrogen) atoms. The van der Waals surface area contributed by atoms with Gasteiger partial charge in [0.15, 0.2) is 0 Å². The average Bonchev–Trinajstić information content (AvgIpc) is 2.60. The quantitative estimate of drug-likeness (QED) is 0.585. The van der Waals surface area contributed by atoms with E-state index < -0.39 is 0 Å². The molecule has 3 heteroatoms. The van der Waals surface area contributed by atoms with Crippen molar-refractivity contribution in [2.75, 3.05) is 22.9 Å². The highest BCUT2D eigenvalue weighted by Crippen LogP contribution is 2.46. The number of para-hydroxylation sites is 1. The molecule has 0 N–H and O–H groups in total. The van der Waals surface area contributed by atoms with Gasteiger partial charge in [-0.2, -0.15) is 0 Å². The molecule has 0 saturated carbocycles. The minimum absolute atomic E-state index is 0.0820. The molecule has 2 heterocycles. The summed E-state index contributed by atoms with van der Waals surface area (Å²) in [7, 11) is 0. The van der Waals surface area contributed by atoms with Gasteiger partial charge in [0.2, 0.25) is 0 Å². The molecule has 2 aliphatic heterocycles. The first-order chi connectivity index (χ1) is 12.4. The SMILES string of the molecule is C=C1C(=O)N(CCC(C)CCCC(C)C)c2cccc3c2N1CCC3C. The van der Waals surface area contributed by atoms with E-state index >= 15 is 0 Å². The van der Waals surface area contributed by atoms with Crippen LogP contribution >= 0.6 is 0 Å².